The Labute approximate surface area is 150 Å². The largest absolute Gasteiger partial charge is 0.462 e. The first-order chi connectivity index (χ1) is 12.6. The van der Waals surface area contributed by atoms with Gasteiger partial charge >= 0.3 is 0 Å². The van der Waals surface area contributed by atoms with E-state index >= 15 is 0 Å². The lowest BCUT2D eigenvalue weighted by atomic mass is 10.1. The summed E-state index contributed by atoms with van der Waals surface area (Å²) in [5, 5.41) is 11.0. The maximum atomic E-state index is 12.7. The van der Waals surface area contributed by atoms with Crippen LogP contribution in [0.3, 0.4) is 0 Å². The Morgan fingerprint density at radius 1 is 1.27 bits per heavy atom. The average Bonchev–Trinajstić information content (AvgIpc) is 2.63. The molecule has 0 aliphatic rings. The summed E-state index contributed by atoms with van der Waals surface area (Å²) < 4.78 is 16.8. The van der Waals surface area contributed by atoms with Gasteiger partial charge < -0.3 is 14.2 Å². The highest BCUT2D eigenvalue weighted by Crippen LogP contribution is 2.22. The van der Waals surface area contributed by atoms with Crippen molar-refractivity contribution in [3.05, 3.63) is 68.6 Å². The molecule has 0 amide bonds. The van der Waals surface area contributed by atoms with Gasteiger partial charge in [0.1, 0.15) is 0 Å². The van der Waals surface area contributed by atoms with E-state index in [-0.39, 0.29) is 23.8 Å². The van der Waals surface area contributed by atoms with Crippen molar-refractivity contribution in [2.24, 2.45) is 0 Å². The summed E-state index contributed by atoms with van der Waals surface area (Å²) in [5.41, 5.74) is 0.637. The second kappa shape index (κ2) is 9.50. The van der Waals surface area contributed by atoms with E-state index in [9.17, 15) is 14.9 Å². The van der Waals surface area contributed by atoms with Gasteiger partial charge in [0.25, 0.3) is 11.2 Å². The molecule has 2 aromatic rings. The highest BCUT2D eigenvalue weighted by atomic mass is 16.7. The highest BCUT2D eigenvalue weighted by Gasteiger charge is 2.13. The molecule has 0 radical (unpaired) electrons. The van der Waals surface area contributed by atoms with Crippen molar-refractivity contribution in [3.8, 4) is 11.4 Å². The predicted octanol–water partition coefficient (Wildman–Crippen LogP) is 2.78. The topological polar surface area (TPSA) is 92.8 Å². The number of ether oxygens (including phenoxy) is 3. The first-order valence-electron chi connectivity index (χ1n) is 7.91. The fourth-order valence-corrected chi connectivity index (χ4v) is 2.27. The van der Waals surface area contributed by atoms with E-state index < -0.39 is 4.92 Å². The molecule has 138 valence electrons. The van der Waals surface area contributed by atoms with Crippen LogP contribution in [-0.4, -0.2) is 36.6 Å². The van der Waals surface area contributed by atoms with E-state index in [2.05, 4.69) is 0 Å². The Hall–Kier alpha value is -2.97. The van der Waals surface area contributed by atoms with Crippen LogP contribution in [0.25, 0.3) is 11.8 Å². The van der Waals surface area contributed by atoms with Crippen LogP contribution in [0.2, 0.25) is 0 Å². The average molecular weight is 360 g/mol. The van der Waals surface area contributed by atoms with E-state index in [1.807, 2.05) is 0 Å². The monoisotopic (exact) mass is 360 g/mol. The molecule has 0 saturated carbocycles. The third-order valence-corrected chi connectivity index (χ3v) is 3.47. The molecule has 0 aliphatic carbocycles. The zero-order valence-electron chi connectivity index (χ0n) is 14.6. The number of aromatic nitrogens is 1. The molecule has 0 spiro atoms. The SMILES string of the molecule is C/C=C\c1cc([N+](=O)[O-])ccc1-n1cccc(OCOCCOC)c1=O. The molecular weight excluding hydrogens is 340 g/mol. The van der Waals surface area contributed by atoms with E-state index in [1.165, 1.54) is 22.8 Å². The van der Waals surface area contributed by atoms with E-state index in [1.54, 1.807) is 44.5 Å². The summed E-state index contributed by atoms with van der Waals surface area (Å²) in [6, 6.07) is 7.51. The van der Waals surface area contributed by atoms with Crippen LogP contribution < -0.4 is 10.3 Å². The summed E-state index contributed by atoms with van der Waals surface area (Å²) in [7, 11) is 1.56. The van der Waals surface area contributed by atoms with E-state index in [0.717, 1.165) is 0 Å². The van der Waals surface area contributed by atoms with Gasteiger partial charge in [-0.25, -0.2) is 0 Å². The molecule has 0 unspecified atom stereocenters. The van der Waals surface area contributed by atoms with Gasteiger partial charge in [0.2, 0.25) is 0 Å². The van der Waals surface area contributed by atoms with Crippen molar-refractivity contribution in [1.82, 2.24) is 4.57 Å². The molecule has 0 fully saturated rings. The summed E-state index contributed by atoms with van der Waals surface area (Å²) in [6.07, 6.45) is 5.03. The second-order valence-electron chi connectivity index (χ2n) is 5.21. The lowest BCUT2D eigenvalue weighted by molar-refractivity contribution is -0.384. The Kier molecular flexibility index (Phi) is 7.07. The molecule has 0 bridgehead atoms. The number of hydrogen-bond donors (Lipinski definition) is 0. The molecule has 1 heterocycles. The molecule has 0 atom stereocenters. The molecule has 26 heavy (non-hydrogen) atoms. The number of pyridine rings is 1. The smallest absolute Gasteiger partial charge is 0.297 e. The zero-order chi connectivity index (χ0) is 18.9. The van der Waals surface area contributed by atoms with Gasteiger partial charge in [-0.2, -0.15) is 0 Å². The molecule has 8 nitrogen and oxygen atoms in total. The Morgan fingerprint density at radius 2 is 2.08 bits per heavy atom. The van der Waals surface area contributed by atoms with Crippen molar-refractivity contribution >= 4 is 11.8 Å². The van der Waals surface area contributed by atoms with Gasteiger partial charge in [-0.15, -0.1) is 0 Å². The van der Waals surface area contributed by atoms with Gasteiger partial charge in [0.05, 0.1) is 23.8 Å². The summed E-state index contributed by atoms with van der Waals surface area (Å²) in [5.74, 6) is 0.120. The molecule has 0 saturated heterocycles. The van der Waals surface area contributed by atoms with Crippen LogP contribution in [-0.2, 0) is 9.47 Å². The number of methoxy groups -OCH3 is 1. The molecule has 1 aromatic heterocycles. The van der Waals surface area contributed by atoms with Crippen molar-refractivity contribution < 1.29 is 19.1 Å². The van der Waals surface area contributed by atoms with Gasteiger partial charge in [-0.1, -0.05) is 12.2 Å². The molecule has 2 rings (SSSR count). The van der Waals surface area contributed by atoms with Crippen LogP contribution in [0.5, 0.6) is 5.75 Å². The number of non-ortho nitro benzene ring substituents is 1. The lowest BCUT2D eigenvalue weighted by Crippen LogP contribution is -2.21. The third-order valence-electron chi connectivity index (χ3n) is 3.47. The Bertz CT molecular complexity index is 844. The van der Waals surface area contributed by atoms with Crippen LogP contribution in [0, 0.1) is 10.1 Å². The van der Waals surface area contributed by atoms with Crippen molar-refractivity contribution in [2.75, 3.05) is 27.1 Å². The summed E-state index contributed by atoms with van der Waals surface area (Å²) in [6.45, 7) is 2.50. The fraction of sp³-hybridized carbons (Fsp3) is 0.278. The minimum atomic E-state index is -0.476. The van der Waals surface area contributed by atoms with Crippen LogP contribution in [0.4, 0.5) is 5.69 Å². The first-order valence-corrected chi connectivity index (χ1v) is 7.91. The number of rotatable bonds is 9. The quantitative estimate of drug-likeness (QED) is 0.295. The fourth-order valence-electron chi connectivity index (χ4n) is 2.27. The predicted molar refractivity (Wildman–Crippen MR) is 96.7 cm³/mol. The number of nitro benzene ring substituents is 1. The van der Waals surface area contributed by atoms with Crippen molar-refractivity contribution in [3.63, 3.8) is 0 Å². The number of hydrogen-bond acceptors (Lipinski definition) is 6. The zero-order valence-corrected chi connectivity index (χ0v) is 14.6. The van der Waals surface area contributed by atoms with Gasteiger partial charge in [-0.05, 0) is 25.1 Å². The standard InChI is InChI=1S/C18H20N2O6/c1-3-5-14-12-15(20(22)23)7-8-16(14)19-9-4-6-17(18(19)21)26-13-25-11-10-24-2/h3-9,12H,10-11,13H2,1-2H3/b5-3-. The first kappa shape index (κ1) is 19.4. The number of benzene rings is 1. The number of nitro groups is 1. The summed E-state index contributed by atoms with van der Waals surface area (Å²) >= 11 is 0. The molecule has 0 aliphatic heterocycles. The van der Waals surface area contributed by atoms with Crippen molar-refractivity contribution in [2.45, 2.75) is 6.92 Å². The van der Waals surface area contributed by atoms with Crippen molar-refractivity contribution in [1.29, 1.82) is 0 Å². The van der Waals surface area contributed by atoms with Crippen LogP contribution in [0.15, 0.2) is 47.4 Å². The minimum absolute atomic E-state index is 0.0474. The Balaban J connectivity index is 2.32. The minimum Gasteiger partial charge on any atom is -0.462 e. The van der Waals surface area contributed by atoms with Gasteiger partial charge in [-0.3, -0.25) is 19.5 Å². The third kappa shape index (κ3) is 4.78. The summed E-state index contributed by atoms with van der Waals surface area (Å²) in [4.78, 5) is 23.2. The van der Waals surface area contributed by atoms with Gasteiger partial charge in [0, 0.05) is 31.0 Å². The Morgan fingerprint density at radius 3 is 2.77 bits per heavy atom. The number of allylic oxidation sites excluding steroid dienone is 1. The van der Waals surface area contributed by atoms with Gasteiger partial charge in [0.15, 0.2) is 12.5 Å². The molecule has 8 heteroatoms. The highest BCUT2D eigenvalue weighted by molar-refractivity contribution is 5.64. The van der Waals surface area contributed by atoms with E-state index in [4.69, 9.17) is 14.2 Å². The number of nitrogens with zero attached hydrogens (tertiary/aromatic N) is 2. The van der Waals surface area contributed by atoms with Crippen LogP contribution in [0.1, 0.15) is 12.5 Å². The maximum Gasteiger partial charge on any atom is 0.297 e. The second-order valence-corrected chi connectivity index (χ2v) is 5.21. The normalized spacial score (nSPS) is 11.0. The molecular formula is C18H20N2O6. The molecule has 0 N–H and O–H groups in total. The molecule has 1 aromatic carbocycles. The lowest BCUT2D eigenvalue weighted by Gasteiger charge is -2.12. The maximum absolute atomic E-state index is 12.7. The van der Waals surface area contributed by atoms with Crippen LogP contribution >= 0.6 is 0 Å². The van der Waals surface area contributed by atoms with E-state index in [0.29, 0.717) is 24.5 Å².